The summed E-state index contributed by atoms with van der Waals surface area (Å²) in [5.74, 6) is 1.36. The molecular formula is C17H27ClN4OS. The summed E-state index contributed by atoms with van der Waals surface area (Å²) >= 11 is 1.62. The van der Waals surface area contributed by atoms with Crippen LogP contribution in [0.3, 0.4) is 0 Å². The van der Waals surface area contributed by atoms with Crippen LogP contribution in [0, 0.1) is 11.8 Å². The number of fused-ring (bicyclic) bond motifs is 2. The van der Waals surface area contributed by atoms with E-state index >= 15 is 0 Å². The lowest BCUT2D eigenvalue weighted by molar-refractivity contribution is -0.124. The summed E-state index contributed by atoms with van der Waals surface area (Å²) < 4.78 is 0. The Morgan fingerprint density at radius 2 is 2.00 bits per heavy atom. The van der Waals surface area contributed by atoms with Crippen molar-refractivity contribution in [3.8, 4) is 0 Å². The van der Waals surface area contributed by atoms with Gasteiger partial charge >= 0.3 is 0 Å². The number of nitrogens with zero attached hydrogens (tertiary/aromatic N) is 2. The fraction of sp³-hybridized carbons (Fsp3) is 0.765. The van der Waals surface area contributed by atoms with Crippen molar-refractivity contribution in [2.45, 2.75) is 63.1 Å². The van der Waals surface area contributed by atoms with Gasteiger partial charge < -0.3 is 16.0 Å². The molecule has 3 N–H and O–H groups in total. The average molecular weight is 371 g/mol. The number of rotatable bonds is 3. The number of aromatic nitrogens is 1. The molecule has 3 fully saturated rings. The minimum Gasteiger partial charge on any atom is -0.351 e. The molecule has 4 rings (SSSR count). The molecular weight excluding hydrogens is 344 g/mol. The fourth-order valence-electron chi connectivity index (χ4n) is 4.91. The molecule has 7 heteroatoms. The lowest BCUT2D eigenvalue weighted by Gasteiger charge is -2.45. The summed E-state index contributed by atoms with van der Waals surface area (Å²) in [7, 11) is 0. The van der Waals surface area contributed by atoms with Gasteiger partial charge in [0, 0.05) is 30.2 Å². The molecule has 2 heterocycles. The van der Waals surface area contributed by atoms with Crippen LogP contribution in [0.1, 0.15) is 44.9 Å². The largest absolute Gasteiger partial charge is 0.351 e. The number of nitrogens with two attached hydrogens (primary N) is 1. The highest BCUT2D eigenvalue weighted by Gasteiger charge is 2.42. The van der Waals surface area contributed by atoms with E-state index in [1.165, 1.54) is 19.3 Å². The summed E-state index contributed by atoms with van der Waals surface area (Å²) in [6.07, 6.45) is 9.70. The second kappa shape index (κ2) is 7.58. The van der Waals surface area contributed by atoms with E-state index in [4.69, 9.17) is 5.73 Å². The van der Waals surface area contributed by atoms with Crippen molar-refractivity contribution < 1.29 is 4.79 Å². The summed E-state index contributed by atoms with van der Waals surface area (Å²) in [5.41, 5.74) is 6.20. The van der Waals surface area contributed by atoms with Crippen molar-refractivity contribution in [2.75, 3.05) is 11.4 Å². The van der Waals surface area contributed by atoms with Gasteiger partial charge in [-0.3, -0.25) is 4.79 Å². The van der Waals surface area contributed by atoms with Gasteiger partial charge in [0.1, 0.15) is 6.04 Å². The maximum Gasteiger partial charge on any atom is 0.243 e. The van der Waals surface area contributed by atoms with Gasteiger partial charge in [-0.25, -0.2) is 4.98 Å². The van der Waals surface area contributed by atoms with E-state index in [1.54, 1.807) is 11.3 Å². The Balaban J connectivity index is 0.00000169. The molecule has 1 aromatic rings. The molecule has 24 heavy (non-hydrogen) atoms. The zero-order valence-electron chi connectivity index (χ0n) is 13.9. The third kappa shape index (κ3) is 3.41. The van der Waals surface area contributed by atoms with Crippen molar-refractivity contribution in [3.63, 3.8) is 0 Å². The number of thiazole rings is 1. The number of carbonyl (C=O) groups is 1. The minimum absolute atomic E-state index is 0. The van der Waals surface area contributed by atoms with Gasteiger partial charge in [-0.05, 0) is 50.4 Å². The highest BCUT2D eigenvalue weighted by Crippen LogP contribution is 2.40. The average Bonchev–Trinajstić information content (AvgIpc) is 3.18. The monoisotopic (exact) mass is 370 g/mol. The molecule has 5 nitrogen and oxygen atoms in total. The lowest BCUT2D eigenvalue weighted by atomic mass is 9.67. The van der Waals surface area contributed by atoms with Crippen LogP contribution in [0.4, 0.5) is 5.13 Å². The first-order chi connectivity index (χ1) is 11.2. The maximum absolute atomic E-state index is 12.9. The molecule has 3 unspecified atom stereocenters. The van der Waals surface area contributed by atoms with E-state index in [0.717, 1.165) is 37.4 Å². The summed E-state index contributed by atoms with van der Waals surface area (Å²) in [6, 6.07) is 0.629. The molecule has 2 aliphatic carbocycles. The number of halogens is 1. The Morgan fingerprint density at radius 3 is 2.67 bits per heavy atom. The standard InChI is InChI=1S/C17H26N4OS.ClH/c18-13-9-11-3-1-4-12(10-13)15(11)20-16(22)14-5-2-7-21(14)17-19-6-8-23-17;/h6,8,11-15H,1-5,7,9-10,18H2,(H,20,22);1H. The molecule has 2 bridgehead atoms. The molecule has 134 valence electrons. The molecule has 3 atom stereocenters. The Labute approximate surface area is 153 Å². The van der Waals surface area contributed by atoms with Crippen LogP contribution in [-0.2, 0) is 4.79 Å². The number of carbonyl (C=O) groups excluding carboxylic acids is 1. The summed E-state index contributed by atoms with van der Waals surface area (Å²) in [6.45, 7) is 0.938. The zero-order valence-corrected chi connectivity index (χ0v) is 15.5. The molecule has 3 aliphatic rings. The maximum atomic E-state index is 12.9. The predicted molar refractivity (Wildman–Crippen MR) is 99.7 cm³/mol. The first kappa shape index (κ1) is 18.0. The summed E-state index contributed by atoms with van der Waals surface area (Å²) in [4.78, 5) is 19.5. The van der Waals surface area contributed by atoms with Crippen LogP contribution >= 0.6 is 23.7 Å². The van der Waals surface area contributed by atoms with E-state index in [2.05, 4.69) is 15.2 Å². The van der Waals surface area contributed by atoms with Gasteiger partial charge in [-0.1, -0.05) is 6.42 Å². The van der Waals surface area contributed by atoms with Crippen LogP contribution in [0.2, 0.25) is 0 Å². The van der Waals surface area contributed by atoms with Crippen molar-refractivity contribution >= 4 is 34.8 Å². The van der Waals surface area contributed by atoms with Crippen LogP contribution < -0.4 is 16.0 Å². The fourth-order valence-corrected chi connectivity index (χ4v) is 5.63. The second-order valence-corrected chi connectivity index (χ2v) is 8.26. The second-order valence-electron chi connectivity index (χ2n) is 7.38. The molecule has 1 saturated heterocycles. The highest BCUT2D eigenvalue weighted by molar-refractivity contribution is 7.13. The van der Waals surface area contributed by atoms with Crippen LogP contribution in [0.15, 0.2) is 11.6 Å². The third-order valence-electron chi connectivity index (χ3n) is 5.91. The first-order valence-electron chi connectivity index (χ1n) is 8.94. The van der Waals surface area contributed by atoms with E-state index in [9.17, 15) is 4.79 Å². The summed E-state index contributed by atoms with van der Waals surface area (Å²) in [5, 5.41) is 6.38. The molecule has 2 saturated carbocycles. The van der Waals surface area contributed by atoms with Gasteiger partial charge in [0.25, 0.3) is 0 Å². The molecule has 1 amide bonds. The van der Waals surface area contributed by atoms with Crippen LogP contribution in [-0.4, -0.2) is 35.6 Å². The molecule has 0 spiro atoms. The van der Waals surface area contributed by atoms with E-state index in [0.29, 0.717) is 23.9 Å². The van der Waals surface area contributed by atoms with Crippen molar-refractivity contribution in [3.05, 3.63) is 11.6 Å². The van der Waals surface area contributed by atoms with Gasteiger partial charge in [-0.15, -0.1) is 23.7 Å². The number of anilines is 1. The number of hydrogen-bond acceptors (Lipinski definition) is 5. The zero-order chi connectivity index (χ0) is 15.8. The number of amides is 1. The normalized spacial score (nSPS) is 35.4. The Morgan fingerprint density at radius 1 is 1.25 bits per heavy atom. The molecule has 0 aromatic carbocycles. The SMILES string of the molecule is Cl.NC1CC2CCCC(C1)C2NC(=O)C1CCCN1c1nccs1. The third-order valence-corrected chi connectivity index (χ3v) is 6.71. The van der Waals surface area contributed by atoms with Gasteiger partial charge in [0.15, 0.2) is 5.13 Å². The van der Waals surface area contributed by atoms with Gasteiger partial charge in [-0.2, -0.15) is 0 Å². The van der Waals surface area contributed by atoms with Gasteiger partial charge in [0.05, 0.1) is 0 Å². The van der Waals surface area contributed by atoms with Crippen LogP contribution in [0.25, 0.3) is 0 Å². The van der Waals surface area contributed by atoms with E-state index < -0.39 is 0 Å². The van der Waals surface area contributed by atoms with E-state index in [1.807, 2.05) is 11.6 Å². The Kier molecular flexibility index (Phi) is 5.67. The van der Waals surface area contributed by atoms with Crippen molar-refractivity contribution in [1.29, 1.82) is 0 Å². The first-order valence-corrected chi connectivity index (χ1v) is 9.82. The number of nitrogens with one attached hydrogen (secondary N) is 1. The number of hydrogen-bond donors (Lipinski definition) is 2. The lowest BCUT2D eigenvalue weighted by Crippen LogP contribution is -2.56. The molecule has 0 radical (unpaired) electrons. The van der Waals surface area contributed by atoms with Crippen molar-refractivity contribution in [2.24, 2.45) is 17.6 Å². The van der Waals surface area contributed by atoms with Crippen molar-refractivity contribution in [1.82, 2.24) is 10.3 Å². The van der Waals surface area contributed by atoms with Crippen LogP contribution in [0.5, 0.6) is 0 Å². The quantitative estimate of drug-likeness (QED) is 0.857. The molecule has 1 aliphatic heterocycles. The Bertz CT molecular complexity index is 541. The smallest absolute Gasteiger partial charge is 0.243 e. The van der Waals surface area contributed by atoms with Gasteiger partial charge in [0.2, 0.25) is 5.91 Å². The topological polar surface area (TPSA) is 71.2 Å². The minimum atomic E-state index is -0.0440. The predicted octanol–water partition coefficient (Wildman–Crippen LogP) is 2.56. The van der Waals surface area contributed by atoms with E-state index in [-0.39, 0.29) is 24.4 Å². The Hall–Kier alpha value is -0.850. The molecule has 1 aromatic heterocycles. The highest BCUT2D eigenvalue weighted by atomic mass is 35.5.